The van der Waals surface area contributed by atoms with Crippen LogP contribution in [0, 0.1) is 19.7 Å². The average Bonchev–Trinajstić information content (AvgIpc) is 2.59. The van der Waals surface area contributed by atoms with Gasteiger partial charge in [-0.2, -0.15) is 5.10 Å². The Morgan fingerprint density at radius 2 is 2.11 bits per heavy atom. The molecule has 2 rings (SSSR count). The number of aromatic nitrogens is 2. The summed E-state index contributed by atoms with van der Waals surface area (Å²) in [6.45, 7) is 5.69. The zero-order valence-electron chi connectivity index (χ0n) is 11.1. The number of aryl methyl sites for hydroxylation is 1. The van der Waals surface area contributed by atoms with E-state index >= 15 is 0 Å². The van der Waals surface area contributed by atoms with Gasteiger partial charge in [-0.05, 0) is 39.0 Å². The second-order valence-corrected chi connectivity index (χ2v) is 5.09. The van der Waals surface area contributed by atoms with Crippen LogP contribution in [0.4, 0.5) is 4.39 Å². The Morgan fingerprint density at radius 3 is 2.68 bits per heavy atom. The molecular formula is C14H16ClFN2O. The molecule has 1 heterocycles. The molecule has 0 saturated carbocycles. The molecule has 1 aromatic carbocycles. The first kappa shape index (κ1) is 14.0. The van der Waals surface area contributed by atoms with E-state index in [-0.39, 0.29) is 5.82 Å². The van der Waals surface area contributed by atoms with Crippen LogP contribution in [0.5, 0.6) is 0 Å². The highest BCUT2D eigenvalue weighted by atomic mass is 35.5. The first-order chi connectivity index (χ1) is 8.90. The molecule has 0 aliphatic carbocycles. The van der Waals surface area contributed by atoms with E-state index in [0.29, 0.717) is 17.1 Å². The van der Waals surface area contributed by atoms with Gasteiger partial charge in [-0.15, -0.1) is 0 Å². The molecule has 1 aromatic heterocycles. The molecule has 0 amide bonds. The molecule has 2 aromatic rings. The van der Waals surface area contributed by atoms with Gasteiger partial charge < -0.3 is 5.11 Å². The minimum atomic E-state index is -0.585. The van der Waals surface area contributed by atoms with Gasteiger partial charge in [0.15, 0.2) is 0 Å². The monoisotopic (exact) mass is 282 g/mol. The molecule has 1 N–H and O–H groups in total. The summed E-state index contributed by atoms with van der Waals surface area (Å²) in [6, 6.07) is 4.46. The highest BCUT2D eigenvalue weighted by Crippen LogP contribution is 2.23. The Labute approximate surface area is 116 Å². The summed E-state index contributed by atoms with van der Waals surface area (Å²) in [5, 5.41) is 14.6. The second kappa shape index (κ2) is 5.31. The lowest BCUT2D eigenvalue weighted by atomic mass is 10.1. The van der Waals surface area contributed by atoms with Gasteiger partial charge in [0.25, 0.3) is 0 Å². The Bertz CT molecular complexity index is 608. The third-order valence-corrected chi connectivity index (χ3v) is 3.42. The standard InChI is InChI=1S/C14H16ClFN2O/c1-8-14(10(3)19)9(2)18(17-8)7-11-6-12(15)4-5-13(11)16/h4-6,10,19H,7H2,1-3H3. The van der Waals surface area contributed by atoms with Gasteiger partial charge in [-0.1, -0.05) is 11.6 Å². The fourth-order valence-electron chi connectivity index (χ4n) is 2.30. The number of hydrogen-bond acceptors (Lipinski definition) is 2. The van der Waals surface area contributed by atoms with Crippen molar-refractivity contribution in [3.8, 4) is 0 Å². The molecule has 1 unspecified atom stereocenters. The van der Waals surface area contributed by atoms with Crippen LogP contribution in [0.1, 0.15) is 35.5 Å². The lowest BCUT2D eigenvalue weighted by molar-refractivity contribution is 0.197. The van der Waals surface area contributed by atoms with E-state index < -0.39 is 6.10 Å². The van der Waals surface area contributed by atoms with Gasteiger partial charge >= 0.3 is 0 Å². The van der Waals surface area contributed by atoms with Crippen LogP contribution in [-0.4, -0.2) is 14.9 Å². The van der Waals surface area contributed by atoms with Crippen LogP contribution in [0.15, 0.2) is 18.2 Å². The predicted molar refractivity (Wildman–Crippen MR) is 72.8 cm³/mol. The lowest BCUT2D eigenvalue weighted by Gasteiger charge is -2.08. The highest BCUT2D eigenvalue weighted by Gasteiger charge is 2.16. The van der Waals surface area contributed by atoms with Gasteiger partial charge in [0, 0.05) is 21.8 Å². The average molecular weight is 283 g/mol. The zero-order chi connectivity index (χ0) is 14.2. The van der Waals surface area contributed by atoms with E-state index in [1.807, 2.05) is 13.8 Å². The largest absolute Gasteiger partial charge is 0.389 e. The zero-order valence-corrected chi connectivity index (χ0v) is 11.9. The number of nitrogens with zero attached hydrogens (tertiary/aromatic N) is 2. The number of benzene rings is 1. The Balaban J connectivity index is 2.39. The van der Waals surface area contributed by atoms with Crippen molar-refractivity contribution in [3.63, 3.8) is 0 Å². The molecule has 0 aliphatic rings. The van der Waals surface area contributed by atoms with Crippen molar-refractivity contribution in [2.75, 3.05) is 0 Å². The Morgan fingerprint density at radius 1 is 1.42 bits per heavy atom. The van der Waals surface area contributed by atoms with Gasteiger partial charge in [-0.25, -0.2) is 4.39 Å². The van der Waals surface area contributed by atoms with Crippen LogP contribution in [0.2, 0.25) is 5.02 Å². The molecule has 0 spiro atoms. The van der Waals surface area contributed by atoms with Crippen LogP contribution in [0.25, 0.3) is 0 Å². The maximum atomic E-state index is 13.7. The van der Waals surface area contributed by atoms with Crippen molar-refractivity contribution in [2.45, 2.75) is 33.4 Å². The minimum Gasteiger partial charge on any atom is -0.389 e. The maximum absolute atomic E-state index is 13.7. The molecule has 0 radical (unpaired) electrons. The molecule has 0 fully saturated rings. The van der Waals surface area contributed by atoms with Crippen molar-refractivity contribution >= 4 is 11.6 Å². The van der Waals surface area contributed by atoms with Crippen molar-refractivity contribution in [2.24, 2.45) is 0 Å². The highest BCUT2D eigenvalue weighted by molar-refractivity contribution is 6.30. The summed E-state index contributed by atoms with van der Waals surface area (Å²) in [6.07, 6.45) is -0.585. The number of halogens is 2. The van der Waals surface area contributed by atoms with E-state index in [1.54, 1.807) is 17.7 Å². The van der Waals surface area contributed by atoms with Crippen molar-refractivity contribution in [1.82, 2.24) is 9.78 Å². The fraction of sp³-hybridized carbons (Fsp3) is 0.357. The summed E-state index contributed by atoms with van der Waals surface area (Å²) in [4.78, 5) is 0. The molecule has 0 saturated heterocycles. The lowest BCUT2D eigenvalue weighted by Crippen LogP contribution is -2.06. The summed E-state index contributed by atoms with van der Waals surface area (Å²) >= 11 is 5.87. The fourth-order valence-corrected chi connectivity index (χ4v) is 2.49. The van der Waals surface area contributed by atoms with E-state index in [9.17, 15) is 9.50 Å². The first-order valence-electron chi connectivity index (χ1n) is 6.06. The molecule has 1 atom stereocenters. The maximum Gasteiger partial charge on any atom is 0.128 e. The SMILES string of the molecule is Cc1nn(Cc2cc(Cl)ccc2F)c(C)c1C(C)O. The number of aliphatic hydroxyl groups is 1. The van der Waals surface area contributed by atoms with Crippen LogP contribution < -0.4 is 0 Å². The van der Waals surface area contributed by atoms with Gasteiger partial charge in [0.1, 0.15) is 5.82 Å². The Kier molecular flexibility index (Phi) is 3.92. The van der Waals surface area contributed by atoms with Crippen molar-refractivity contribution in [3.05, 3.63) is 51.6 Å². The first-order valence-corrected chi connectivity index (χ1v) is 6.44. The third-order valence-electron chi connectivity index (χ3n) is 3.18. The summed E-state index contributed by atoms with van der Waals surface area (Å²) in [5.41, 5.74) is 2.87. The molecular weight excluding hydrogens is 267 g/mol. The van der Waals surface area contributed by atoms with E-state index in [0.717, 1.165) is 17.0 Å². The number of hydrogen-bond donors (Lipinski definition) is 1. The van der Waals surface area contributed by atoms with Crippen LogP contribution >= 0.6 is 11.6 Å². The van der Waals surface area contributed by atoms with Crippen molar-refractivity contribution < 1.29 is 9.50 Å². The molecule has 5 heteroatoms. The smallest absolute Gasteiger partial charge is 0.128 e. The van der Waals surface area contributed by atoms with Crippen molar-refractivity contribution in [1.29, 1.82) is 0 Å². The second-order valence-electron chi connectivity index (χ2n) is 4.65. The van der Waals surface area contributed by atoms with Crippen LogP contribution in [-0.2, 0) is 6.54 Å². The van der Waals surface area contributed by atoms with E-state index in [4.69, 9.17) is 11.6 Å². The summed E-state index contributed by atoms with van der Waals surface area (Å²) in [5.74, 6) is -0.310. The normalized spacial score (nSPS) is 12.7. The number of aliphatic hydroxyl groups excluding tert-OH is 1. The molecule has 0 bridgehead atoms. The molecule has 19 heavy (non-hydrogen) atoms. The Hall–Kier alpha value is -1.39. The molecule has 102 valence electrons. The molecule has 3 nitrogen and oxygen atoms in total. The van der Waals surface area contributed by atoms with Gasteiger partial charge in [0.2, 0.25) is 0 Å². The minimum absolute atomic E-state index is 0.297. The van der Waals surface area contributed by atoms with Gasteiger partial charge in [-0.3, -0.25) is 4.68 Å². The predicted octanol–water partition coefficient (Wildman–Crippen LogP) is 3.39. The molecule has 0 aliphatic heterocycles. The van der Waals surface area contributed by atoms with E-state index in [2.05, 4.69) is 5.10 Å². The third kappa shape index (κ3) is 2.80. The van der Waals surface area contributed by atoms with Crippen LogP contribution in [0.3, 0.4) is 0 Å². The summed E-state index contributed by atoms with van der Waals surface area (Å²) in [7, 11) is 0. The number of rotatable bonds is 3. The van der Waals surface area contributed by atoms with E-state index in [1.165, 1.54) is 12.1 Å². The topological polar surface area (TPSA) is 38.0 Å². The summed E-state index contributed by atoms with van der Waals surface area (Å²) < 4.78 is 15.4. The van der Waals surface area contributed by atoms with Gasteiger partial charge in [0.05, 0.1) is 18.3 Å². The quantitative estimate of drug-likeness (QED) is 0.937.